The number of aromatic carboxylic acids is 1. The summed E-state index contributed by atoms with van der Waals surface area (Å²) in [5.41, 5.74) is 1.56. The van der Waals surface area contributed by atoms with E-state index in [0.29, 0.717) is 12.2 Å². The molecular weight excluding hydrogens is 292 g/mol. The molecule has 2 aromatic rings. The van der Waals surface area contributed by atoms with Crippen molar-refractivity contribution in [3.05, 3.63) is 71.3 Å². The second-order valence-electron chi connectivity index (χ2n) is 5.00. The molecule has 1 N–H and O–H groups in total. The molecule has 0 bridgehead atoms. The molecule has 0 saturated carbocycles. The Morgan fingerprint density at radius 2 is 1.61 bits per heavy atom. The lowest BCUT2D eigenvalue weighted by Gasteiger charge is -2.04. The Labute approximate surface area is 135 Å². The largest absolute Gasteiger partial charge is 0.494 e. The van der Waals surface area contributed by atoms with Gasteiger partial charge in [-0.25, -0.2) is 4.79 Å². The standard InChI is InChI=1S/C19H18O4/c1-2-13-23-17-10-8-15(9-11-17)18(20)12-5-14-3-6-16(7-4-14)19(21)22/h3-12H,2,13H2,1H3,(H,21,22). The molecule has 0 heterocycles. The first-order chi connectivity index (χ1) is 11.1. The van der Waals surface area contributed by atoms with Crippen LogP contribution in [0.2, 0.25) is 0 Å². The zero-order valence-electron chi connectivity index (χ0n) is 12.9. The van der Waals surface area contributed by atoms with Gasteiger partial charge in [0.2, 0.25) is 0 Å². The Morgan fingerprint density at radius 1 is 1.00 bits per heavy atom. The molecule has 0 aromatic heterocycles. The van der Waals surface area contributed by atoms with Gasteiger partial charge >= 0.3 is 5.97 Å². The lowest BCUT2D eigenvalue weighted by molar-refractivity contribution is 0.0696. The number of rotatable bonds is 7. The molecule has 23 heavy (non-hydrogen) atoms. The molecule has 0 aliphatic carbocycles. The van der Waals surface area contributed by atoms with Gasteiger partial charge in [-0.15, -0.1) is 0 Å². The van der Waals surface area contributed by atoms with E-state index in [1.807, 2.05) is 6.92 Å². The number of ketones is 1. The normalized spacial score (nSPS) is 10.7. The molecule has 0 fully saturated rings. The molecule has 2 rings (SSSR count). The van der Waals surface area contributed by atoms with Crippen molar-refractivity contribution < 1.29 is 19.4 Å². The van der Waals surface area contributed by atoms with E-state index in [1.165, 1.54) is 18.2 Å². The van der Waals surface area contributed by atoms with Crippen LogP contribution < -0.4 is 4.74 Å². The number of carboxylic acids is 1. The van der Waals surface area contributed by atoms with Crippen molar-refractivity contribution in [2.45, 2.75) is 13.3 Å². The van der Waals surface area contributed by atoms with Crippen LogP contribution in [0.1, 0.15) is 39.6 Å². The van der Waals surface area contributed by atoms with Crippen LogP contribution in [0.5, 0.6) is 5.75 Å². The van der Waals surface area contributed by atoms with Gasteiger partial charge in [0.15, 0.2) is 5.78 Å². The fourth-order valence-electron chi connectivity index (χ4n) is 1.94. The number of allylic oxidation sites excluding steroid dienone is 1. The Kier molecular flexibility index (Phi) is 5.69. The van der Waals surface area contributed by atoms with Crippen LogP contribution in [0.25, 0.3) is 6.08 Å². The maximum absolute atomic E-state index is 12.1. The Hall–Kier alpha value is -2.88. The molecule has 0 amide bonds. The number of carbonyl (C=O) groups is 2. The third kappa shape index (κ3) is 4.81. The molecule has 118 valence electrons. The summed E-state index contributed by atoms with van der Waals surface area (Å²) in [4.78, 5) is 22.9. The summed E-state index contributed by atoms with van der Waals surface area (Å²) >= 11 is 0. The number of hydrogen-bond acceptors (Lipinski definition) is 3. The van der Waals surface area contributed by atoms with Crippen LogP contribution in [0.3, 0.4) is 0 Å². The van der Waals surface area contributed by atoms with Crippen molar-refractivity contribution in [2.24, 2.45) is 0 Å². The maximum Gasteiger partial charge on any atom is 0.335 e. The second-order valence-corrected chi connectivity index (χ2v) is 5.00. The van der Waals surface area contributed by atoms with Crippen LogP contribution in [-0.2, 0) is 0 Å². The van der Waals surface area contributed by atoms with Crippen LogP contribution >= 0.6 is 0 Å². The van der Waals surface area contributed by atoms with Gasteiger partial charge in [-0.05, 0) is 54.5 Å². The molecular formula is C19H18O4. The Bertz CT molecular complexity index is 697. The fourth-order valence-corrected chi connectivity index (χ4v) is 1.94. The summed E-state index contributed by atoms with van der Waals surface area (Å²) in [6.07, 6.45) is 4.07. The molecule has 0 radical (unpaired) electrons. The summed E-state index contributed by atoms with van der Waals surface area (Å²) in [7, 11) is 0. The predicted molar refractivity (Wildman–Crippen MR) is 89.0 cm³/mol. The van der Waals surface area contributed by atoms with Gasteiger partial charge in [0, 0.05) is 5.56 Å². The minimum atomic E-state index is -0.970. The first-order valence-electron chi connectivity index (χ1n) is 7.39. The van der Waals surface area contributed by atoms with E-state index < -0.39 is 5.97 Å². The molecule has 0 saturated heterocycles. The fraction of sp³-hybridized carbons (Fsp3) is 0.158. The average Bonchev–Trinajstić information content (AvgIpc) is 2.58. The van der Waals surface area contributed by atoms with Crippen LogP contribution in [-0.4, -0.2) is 23.5 Å². The van der Waals surface area contributed by atoms with Crippen molar-refractivity contribution in [1.29, 1.82) is 0 Å². The smallest absolute Gasteiger partial charge is 0.335 e. The van der Waals surface area contributed by atoms with E-state index in [4.69, 9.17) is 9.84 Å². The molecule has 4 nitrogen and oxygen atoms in total. The molecule has 4 heteroatoms. The molecule has 0 spiro atoms. The molecule has 0 aliphatic rings. The summed E-state index contributed by atoms with van der Waals surface area (Å²) in [6.45, 7) is 2.69. The zero-order chi connectivity index (χ0) is 16.7. The highest BCUT2D eigenvalue weighted by atomic mass is 16.5. The SMILES string of the molecule is CCCOc1ccc(C(=O)C=Cc2ccc(C(=O)O)cc2)cc1. The topological polar surface area (TPSA) is 63.6 Å². The van der Waals surface area contributed by atoms with Gasteiger partial charge in [-0.1, -0.05) is 25.1 Å². The third-order valence-electron chi connectivity index (χ3n) is 3.20. The van der Waals surface area contributed by atoms with E-state index in [1.54, 1.807) is 42.5 Å². The Balaban J connectivity index is 2.01. The van der Waals surface area contributed by atoms with Gasteiger partial charge in [0.25, 0.3) is 0 Å². The van der Waals surface area contributed by atoms with Crippen LogP contribution in [0.4, 0.5) is 0 Å². The first kappa shape index (κ1) is 16.5. The lowest BCUT2D eigenvalue weighted by Crippen LogP contribution is -1.97. The van der Waals surface area contributed by atoms with E-state index in [-0.39, 0.29) is 11.3 Å². The van der Waals surface area contributed by atoms with Crippen molar-refractivity contribution in [2.75, 3.05) is 6.61 Å². The van der Waals surface area contributed by atoms with Gasteiger partial charge in [-0.2, -0.15) is 0 Å². The first-order valence-corrected chi connectivity index (χ1v) is 7.39. The lowest BCUT2D eigenvalue weighted by atomic mass is 10.1. The van der Waals surface area contributed by atoms with Crippen molar-refractivity contribution in [3.63, 3.8) is 0 Å². The number of hydrogen-bond donors (Lipinski definition) is 1. The van der Waals surface area contributed by atoms with E-state index in [9.17, 15) is 9.59 Å². The summed E-state index contributed by atoms with van der Waals surface area (Å²) in [5, 5.41) is 8.84. The predicted octanol–water partition coefficient (Wildman–Crippen LogP) is 4.07. The molecule has 0 unspecified atom stereocenters. The number of ether oxygens (including phenoxy) is 1. The molecule has 2 aromatic carbocycles. The Morgan fingerprint density at radius 3 is 2.17 bits per heavy atom. The number of benzene rings is 2. The van der Waals surface area contributed by atoms with Crippen molar-refractivity contribution in [3.8, 4) is 5.75 Å². The van der Waals surface area contributed by atoms with Gasteiger partial charge in [-0.3, -0.25) is 4.79 Å². The highest BCUT2D eigenvalue weighted by molar-refractivity contribution is 6.06. The number of carboxylic acid groups (broad SMARTS) is 1. The maximum atomic E-state index is 12.1. The average molecular weight is 310 g/mol. The van der Waals surface area contributed by atoms with E-state index in [2.05, 4.69) is 0 Å². The van der Waals surface area contributed by atoms with Crippen LogP contribution in [0.15, 0.2) is 54.6 Å². The minimum Gasteiger partial charge on any atom is -0.494 e. The van der Waals surface area contributed by atoms with E-state index in [0.717, 1.165) is 17.7 Å². The zero-order valence-corrected chi connectivity index (χ0v) is 12.9. The summed E-state index contributed by atoms with van der Waals surface area (Å²) in [5.74, 6) is -0.340. The van der Waals surface area contributed by atoms with Gasteiger partial charge in [0.05, 0.1) is 12.2 Å². The highest BCUT2D eigenvalue weighted by Crippen LogP contribution is 2.14. The van der Waals surface area contributed by atoms with Gasteiger partial charge in [0.1, 0.15) is 5.75 Å². The second kappa shape index (κ2) is 7.94. The monoisotopic (exact) mass is 310 g/mol. The number of carbonyl (C=O) groups excluding carboxylic acids is 1. The van der Waals surface area contributed by atoms with Crippen LogP contribution in [0, 0.1) is 0 Å². The quantitative estimate of drug-likeness (QED) is 0.618. The summed E-state index contributed by atoms with van der Waals surface area (Å²) < 4.78 is 5.47. The van der Waals surface area contributed by atoms with Gasteiger partial charge < -0.3 is 9.84 Å². The molecule has 0 atom stereocenters. The van der Waals surface area contributed by atoms with Crippen molar-refractivity contribution in [1.82, 2.24) is 0 Å². The third-order valence-corrected chi connectivity index (χ3v) is 3.20. The molecule has 0 aliphatic heterocycles. The van der Waals surface area contributed by atoms with E-state index >= 15 is 0 Å². The minimum absolute atomic E-state index is 0.116. The summed E-state index contributed by atoms with van der Waals surface area (Å²) in [6, 6.07) is 13.3. The van der Waals surface area contributed by atoms with Crippen molar-refractivity contribution >= 4 is 17.8 Å². The highest BCUT2D eigenvalue weighted by Gasteiger charge is 2.03.